The van der Waals surface area contributed by atoms with Gasteiger partial charge in [0.2, 0.25) is 0 Å². The van der Waals surface area contributed by atoms with Crippen LogP contribution in [0.3, 0.4) is 0 Å². The van der Waals surface area contributed by atoms with Crippen molar-refractivity contribution >= 4 is 28.9 Å². The monoisotopic (exact) mass is 384 g/mol. The minimum atomic E-state index is -0.517. The van der Waals surface area contributed by atoms with Gasteiger partial charge in [-0.3, -0.25) is 19.1 Å². The van der Waals surface area contributed by atoms with E-state index in [1.807, 2.05) is 12.1 Å². The summed E-state index contributed by atoms with van der Waals surface area (Å²) in [6, 6.07) is 7.29. The third-order valence-corrected chi connectivity index (χ3v) is 4.68. The molecule has 27 heavy (non-hydrogen) atoms. The van der Waals surface area contributed by atoms with E-state index < -0.39 is 5.91 Å². The van der Waals surface area contributed by atoms with Crippen LogP contribution in [0.1, 0.15) is 12.1 Å². The fourth-order valence-electron chi connectivity index (χ4n) is 2.30. The Bertz CT molecular complexity index is 1020. The van der Waals surface area contributed by atoms with Crippen LogP contribution in [0.2, 0.25) is 0 Å². The molecule has 1 N–H and O–H groups in total. The van der Waals surface area contributed by atoms with Crippen molar-refractivity contribution < 1.29 is 9.53 Å². The Morgan fingerprint density at radius 3 is 2.96 bits per heavy atom. The lowest BCUT2D eigenvalue weighted by atomic mass is 10.3. The van der Waals surface area contributed by atoms with Gasteiger partial charge < -0.3 is 10.1 Å². The first-order valence-corrected chi connectivity index (χ1v) is 9.08. The second kappa shape index (κ2) is 10.2. The maximum absolute atomic E-state index is 12.7. The first-order valence-electron chi connectivity index (χ1n) is 8.27. The first-order chi connectivity index (χ1) is 13.1. The molecular formula is C19H20N4O3S. The molecule has 0 saturated carbocycles. The maximum atomic E-state index is 12.7. The second-order valence-corrected chi connectivity index (χ2v) is 6.49. The molecule has 0 aliphatic carbocycles. The van der Waals surface area contributed by atoms with Gasteiger partial charge in [-0.25, -0.2) is 0 Å². The van der Waals surface area contributed by atoms with Crippen LogP contribution in [-0.2, 0) is 16.1 Å². The summed E-state index contributed by atoms with van der Waals surface area (Å²) in [6.45, 7) is 4.73. The zero-order valence-electron chi connectivity index (χ0n) is 15.0. The lowest BCUT2D eigenvalue weighted by Gasteiger charge is -2.04. The van der Waals surface area contributed by atoms with Crippen LogP contribution in [0, 0.1) is 11.3 Å². The summed E-state index contributed by atoms with van der Waals surface area (Å²) in [5.74, 6) is -0.517. The minimum Gasteiger partial charge on any atom is -0.385 e. The molecule has 0 fully saturated rings. The molecule has 0 saturated heterocycles. The van der Waals surface area contributed by atoms with Crippen molar-refractivity contribution in [3.8, 4) is 6.07 Å². The number of aromatic nitrogens is 2. The van der Waals surface area contributed by atoms with Crippen molar-refractivity contribution in [2.75, 3.05) is 20.3 Å². The van der Waals surface area contributed by atoms with Gasteiger partial charge in [0.05, 0.1) is 10.2 Å². The molecule has 2 aromatic heterocycles. The third-order valence-electron chi connectivity index (χ3n) is 3.55. The molecule has 0 spiro atoms. The van der Waals surface area contributed by atoms with Crippen molar-refractivity contribution in [1.29, 1.82) is 5.26 Å². The fraction of sp³-hybridized carbons (Fsp3) is 0.263. The summed E-state index contributed by atoms with van der Waals surface area (Å²) in [7, 11) is 1.58. The average molecular weight is 384 g/mol. The predicted molar refractivity (Wildman–Crippen MR) is 104 cm³/mol. The number of pyridine rings is 1. The van der Waals surface area contributed by atoms with E-state index in [1.165, 1.54) is 4.57 Å². The third kappa shape index (κ3) is 5.23. The number of nitrogens with one attached hydrogen (secondary N) is 1. The lowest BCUT2D eigenvalue weighted by molar-refractivity contribution is -0.115. The number of allylic oxidation sites excluding steroid dienone is 1. The van der Waals surface area contributed by atoms with Crippen molar-refractivity contribution in [2.24, 2.45) is 0 Å². The van der Waals surface area contributed by atoms with E-state index in [4.69, 9.17) is 4.74 Å². The number of methoxy groups -OCH3 is 1. The van der Waals surface area contributed by atoms with Gasteiger partial charge in [0.1, 0.15) is 10.7 Å². The first kappa shape index (κ1) is 20.3. The van der Waals surface area contributed by atoms with Crippen LogP contribution < -0.4 is 20.1 Å². The van der Waals surface area contributed by atoms with E-state index in [0.29, 0.717) is 34.5 Å². The van der Waals surface area contributed by atoms with Gasteiger partial charge in [-0.05, 0) is 24.6 Å². The van der Waals surface area contributed by atoms with Crippen molar-refractivity contribution in [1.82, 2.24) is 14.9 Å². The van der Waals surface area contributed by atoms with Gasteiger partial charge in [-0.2, -0.15) is 5.26 Å². The number of hydrogen-bond donors (Lipinski definition) is 1. The standard InChI is InChI=1S/C19H20N4O3S/c1-3-10-23-18(25)16(12-14-7-4-5-8-21-14)27-19(23)15(13-20)17(24)22-9-6-11-26-2/h3-5,7-8,12H,1,6,9-11H2,2H3,(H,22,24). The van der Waals surface area contributed by atoms with Gasteiger partial charge >= 0.3 is 0 Å². The SMILES string of the molecule is C=CCn1c(=C(C#N)C(=O)NCCCOC)sc(=Cc2ccccn2)c1=O. The minimum absolute atomic E-state index is 0.1000. The Labute approximate surface area is 160 Å². The highest BCUT2D eigenvalue weighted by Gasteiger charge is 2.15. The molecule has 0 radical (unpaired) electrons. The number of hydrogen-bond acceptors (Lipinski definition) is 6. The second-order valence-electron chi connectivity index (χ2n) is 5.46. The van der Waals surface area contributed by atoms with E-state index in [2.05, 4.69) is 16.9 Å². The molecule has 8 heteroatoms. The Balaban J connectivity index is 2.55. The quantitative estimate of drug-likeness (QED) is 0.516. The molecule has 1 amide bonds. The van der Waals surface area contributed by atoms with Crippen molar-refractivity contribution in [3.05, 3.63) is 62.3 Å². The number of carbonyl (C=O) groups excluding carboxylic acids is 1. The molecule has 0 unspecified atom stereocenters. The van der Waals surface area contributed by atoms with Gasteiger partial charge in [0.15, 0.2) is 5.57 Å². The smallest absolute Gasteiger partial charge is 0.269 e. The van der Waals surface area contributed by atoms with Crippen LogP contribution in [0.25, 0.3) is 11.6 Å². The molecular weight excluding hydrogens is 364 g/mol. The van der Waals surface area contributed by atoms with Crippen LogP contribution in [0.4, 0.5) is 0 Å². The number of ether oxygens (including phenoxy) is 1. The van der Waals surface area contributed by atoms with E-state index in [0.717, 1.165) is 11.3 Å². The Hall–Kier alpha value is -3.02. The number of carbonyl (C=O) groups is 1. The lowest BCUT2D eigenvalue weighted by Crippen LogP contribution is -2.35. The summed E-state index contributed by atoms with van der Waals surface area (Å²) in [4.78, 5) is 29.3. The molecule has 140 valence electrons. The number of thiazole rings is 1. The molecule has 0 bridgehead atoms. The van der Waals surface area contributed by atoms with E-state index in [-0.39, 0.29) is 17.7 Å². The van der Waals surface area contributed by atoms with Gasteiger partial charge in [-0.1, -0.05) is 12.1 Å². The fourth-order valence-corrected chi connectivity index (χ4v) is 3.39. The Kier molecular flexibility index (Phi) is 7.67. The highest BCUT2D eigenvalue weighted by molar-refractivity contribution is 7.07. The zero-order valence-corrected chi connectivity index (χ0v) is 15.8. The average Bonchev–Trinajstić information content (AvgIpc) is 2.97. The summed E-state index contributed by atoms with van der Waals surface area (Å²) < 4.78 is 7.00. The largest absolute Gasteiger partial charge is 0.385 e. The Morgan fingerprint density at radius 2 is 2.33 bits per heavy atom. The van der Waals surface area contributed by atoms with Crippen molar-refractivity contribution in [3.63, 3.8) is 0 Å². The zero-order chi connectivity index (χ0) is 19.6. The molecule has 7 nitrogen and oxygen atoms in total. The number of amides is 1. The number of nitriles is 1. The maximum Gasteiger partial charge on any atom is 0.269 e. The molecule has 0 aromatic carbocycles. The summed E-state index contributed by atoms with van der Waals surface area (Å²) in [5.41, 5.74) is 0.230. The number of nitrogens with zero attached hydrogens (tertiary/aromatic N) is 3. The van der Waals surface area contributed by atoms with Crippen LogP contribution in [0.15, 0.2) is 41.8 Å². The highest BCUT2D eigenvalue weighted by Crippen LogP contribution is 1.96. The molecule has 2 aromatic rings. The molecule has 2 rings (SSSR count). The normalized spacial score (nSPS) is 12.4. The highest BCUT2D eigenvalue weighted by atomic mass is 32.1. The van der Waals surface area contributed by atoms with Crippen molar-refractivity contribution in [2.45, 2.75) is 13.0 Å². The summed E-state index contributed by atoms with van der Waals surface area (Å²) >= 11 is 1.09. The molecule has 0 aliphatic rings. The number of rotatable bonds is 8. The van der Waals surface area contributed by atoms with E-state index in [9.17, 15) is 14.9 Å². The Morgan fingerprint density at radius 1 is 1.52 bits per heavy atom. The van der Waals surface area contributed by atoms with Gasteiger partial charge in [0, 0.05) is 33.0 Å². The topological polar surface area (TPSA) is 97.0 Å². The van der Waals surface area contributed by atoms with Crippen LogP contribution in [0.5, 0.6) is 0 Å². The van der Waals surface area contributed by atoms with Gasteiger partial charge in [-0.15, -0.1) is 17.9 Å². The predicted octanol–water partition coefficient (Wildman–Crippen LogP) is 0.147. The molecule has 2 heterocycles. The van der Waals surface area contributed by atoms with Crippen LogP contribution >= 0.6 is 11.3 Å². The van der Waals surface area contributed by atoms with E-state index in [1.54, 1.807) is 37.6 Å². The van der Waals surface area contributed by atoms with E-state index >= 15 is 0 Å². The van der Waals surface area contributed by atoms with Crippen LogP contribution in [-0.4, -0.2) is 35.7 Å². The molecule has 0 aliphatic heterocycles. The summed E-state index contributed by atoms with van der Waals surface area (Å²) in [6.07, 6.45) is 5.45. The molecule has 0 atom stereocenters. The van der Waals surface area contributed by atoms with Gasteiger partial charge in [0.25, 0.3) is 11.5 Å². The summed E-state index contributed by atoms with van der Waals surface area (Å²) in [5, 5.41) is 12.2.